The number of hydrogen-bond acceptors (Lipinski definition) is 4. The lowest BCUT2D eigenvalue weighted by Crippen LogP contribution is -2.46. The fraction of sp³-hybridized carbons (Fsp3) is 0.667. The Morgan fingerprint density at radius 1 is 1.31 bits per heavy atom. The molecule has 0 aliphatic heterocycles. The molecule has 1 aromatic heterocycles. The van der Waals surface area contributed by atoms with Crippen molar-refractivity contribution >= 4 is 35.8 Å². The van der Waals surface area contributed by atoms with E-state index in [-0.39, 0.29) is 36.4 Å². The number of furan rings is 1. The summed E-state index contributed by atoms with van der Waals surface area (Å²) >= 11 is 0. The summed E-state index contributed by atoms with van der Waals surface area (Å²) in [6.07, 6.45) is 8.38. The second-order valence-electron chi connectivity index (χ2n) is 6.24. The molecule has 1 aliphatic rings. The van der Waals surface area contributed by atoms with Gasteiger partial charge in [-0.1, -0.05) is 19.3 Å². The van der Waals surface area contributed by atoms with Crippen molar-refractivity contribution in [2.45, 2.75) is 51.2 Å². The Hall–Kier alpha value is -1.29. The highest BCUT2D eigenvalue weighted by Crippen LogP contribution is 2.17. The van der Waals surface area contributed by atoms with E-state index in [1.165, 1.54) is 19.3 Å². The minimum absolute atomic E-state index is 0. The maximum absolute atomic E-state index is 12.0. The zero-order valence-corrected chi connectivity index (χ0v) is 17.8. The number of hydrogen-bond donors (Lipinski definition) is 3. The number of ether oxygens (including phenoxy) is 1. The monoisotopic (exact) mass is 478 g/mol. The Balaban J connectivity index is 0.00000338. The van der Waals surface area contributed by atoms with Crippen molar-refractivity contribution in [1.29, 1.82) is 0 Å². The van der Waals surface area contributed by atoms with Gasteiger partial charge in [-0.3, -0.25) is 9.79 Å². The Morgan fingerprint density at radius 2 is 2.12 bits per heavy atom. The molecule has 1 fully saturated rings. The number of carbonyl (C=O) groups is 1. The highest BCUT2D eigenvalue weighted by atomic mass is 127. The maximum atomic E-state index is 12.0. The van der Waals surface area contributed by atoms with Crippen LogP contribution >= 0.6 is 24.0 Å². The minimum atomic E-state index is 0. The van der Waals surface area contributed by atoms with Gasteiger partial charge in [-0.2, -0.15) is 0 Å². The lowest BCUT2D eigenvalue weighted by atomic mass is 9.95. The molecule has 0 bridgehead atoms. The van der Waals surface area contributed by atoms with Crippen molar-refractivity contribution in [2.24, 2.45) is 4.99 Å². The first-order valence-corrected chi connectivity index (χ1v) is 9.12. The summed E-state index contributed by atoms with van der Waals surface area (Å²) in [4.78, 5) is 16.1. The third kappa shape index (κ3) is 9.42. The van der Waals surface area contributed by atoms with Crippen LogP contribution in [0.2, 0.25) is 0 Å². The Morgan fingerprint density at radius 3 is 2.81 bits per heavy atom. The van der Waals surface area contributed by atoms with E-state index >= 15 is 0 Å². The van der Waals surface area contributed by atoms with Crippen molar-refractivity contribution in [1.82, 2.24) is 16.0 Å². The largest absolute Gasteiger partial charge is 0.467 e. The van der Waals surface area contributed by atoms with Gasteiger partial charge in [0.05, 0.1) is 12.8 Å². The average Bonchev–Trinajstić information content (AvgIpc) is 3.15. The van der Waals surface area contributed by atoms with E-state index in [4.69, 9.17) is 9.15 Å². The normalized spacial score (nSPS) is 15.2. The van der Waals surface area contributed by atoms with Crippen LogP contribution in [0.15, 0.2) is 27.8 Å². The Labute approximate surface area is 172 Å². The minimum Gasteiger partial charge on any atom is -0.467 e. The number of halogens is 1. The van der Waals surface area contributed by atoms with E-state index < -0.39 is 0 Å². The molecule has 1 aromatic rings. The second kappa shape index (κ2) is 13.9. The summed E-state index contributed by atoms with van der Waals surface area (Å²) in [7, 11) is 1.70. The molecule has 0 aromatic carbocycles. The second-order valence-corrected chi connectivity index (χ2v) is 6.24. The highest BCUT2D eigenvalue weighted by molar-refractivity contribution is 14.0. The molecule has 1 saturated carbocycles. The van der Waals surface area contributed by atoms with Gasteiger partial charge >= 0.3 is 0 Å². The van der Waals surface area contributed by atoms with Gasteiger partial charge in [0.15, 0.2) is 5.96 Å². The van der Waals surface area contributed by atoms with Gasteiger partial charge in [-0.05, 0) is 31.4 Å². The third-order valence-electron chi connectivity index (χ3n) is 4.19. The number of nitrogens with zero attached hydrogens (tertiary/aromatic N) is 1. The summed E-state index contributed by atoms with van der Waals surface area (Å²) in [5.41, 5.74) is 0. The zero-order chi connectivity index (χ0) is 17.7. The van der Waals surface area contributed by atoms with Crippen molar-refractivity contribution < 1.29 is 13.9 Å². The average molecular weight is 478 g/mol. The first-order chi connectivity index (χ1) is 12.3. The van der Waals surface area contributed by atoms with Crippen molar-refractivity contribution in [3.05, 3.63) is 24.2 Å². The van der Waals surface area contributed by atoms with E-state index in [2.05, 4.69) is 20.9 Å². The topological polar surface area (TPSA) is 87.9 Å². The predicted molar refractivity (Wildman–Crippen MR) is 113 cm³/mol. The molecule has 0 saturated heterocycles. The molecule has 0 atom stereocenters. The summed E-state index contributed by atoms with van der Waals surface area (Å²) in [5, 5.41) is 9.30. The summed E-state index contributed by atoms with van der Waals surface area (Å²) in [6.45, 7) is 2.08. The number of carbonyl (C=O) groups excluding carboxylic acids is 1. The van der Waals surface area contributed by atoms with Gasteiger partial charge in [-0.25, -0.2) is 0 Å². The zero-order valence-electron chi connectivity index (χ0n) is 15.5. The third-order valence-corrected chi connectivity index (χ3v) is 4.19. The van der Waals surface area contributed by atoms with Crippen LogP contribution in [-0.2, 0) is 16.1 Å². The summed E-state index contributed by atoms with van der Waals surface area (Å²) < 4.78 is 10.7. The molecule has 1 amide bonds. The van der Waals surface area contributed by atoms with Crippen LogP contribution in [0.1, 0.15) is 44.3 Å². The number of guanidine groups is 1. The maximum Gasteiger partial charge on any atom is 0.239 e. The molecular weight excluding hydrogens is 447 g/mol. The molecule has 148 valence electrons. The molecular formula is C18H31IN4O3. The first-order valence-electron chi connectivity index (χ1n) is 9.12. The lowest BCUT2D eigenvalue weighted by Gasteiger charge is -2.23. The van der Waals surface area contributed by atoms with Crippen molar-refractivity contribution in [3.63, 3.8) is 0 Å². The molecule has 0 spiro atoms. The standard InChI is InChI=1S/C18H30N4O3.HI/c1-19-18(20-10-6-11-24-14-16-9-5-12-25-16)21-13-17(23)22-15-7-3-2-4-8-15;/h5,9,12,15H,2-4,6-8,10-11,13-14H2,1H3,(H,22,23)(H2,19,20,21);1H. The smallest absolute Gasteiger partial charge is 0.239 e. The van der Waals surface area contributed by atoms with E-state index in [1.54, 1.807) is 13.3 Å². The van der Waals surface area contributed by atoms with Gasteiger partial charge < -0.3 is 25.1 Å². The molecule has 1 aliphatic carbocycles. The lowest BCUT2D eigenvalue weighted by molar-refractivity contribution is -0.120. The quantitative estimate of drug-likeness (QED) is 0.220. The molecule has 8 heteroatoms. The van der Waals surface area contributed by atoms with E-state index in [9.17, 15) is 4.79 Å². The first kappa shape index (κ1) is 22.8. The number of rotatable bonds is 9. The van der Waals surface area contributed by atoms with Gasteiger partial charge in [0.2, 0.25) is 5.91 Å². The molecule has 26 heavy (non-hydrogen) atoms. The summed E-state index contributed by atoms with van der Waals surface area (Å²) in [6, 6.07) is 4.08. The number of amides is 1. The molecule has 3 N–H and O–H groups in total. The van der Waals surface area contributed by atoms with Crippen LogP contribution in [0.3, 0.4) is 0 Å². The molecule has 0 radical (unpaired) electrons. The van der Waals surface area contributed by atoms with E-state index in [1.807, 2.05) is 12.1 Å². The fourth-order valence-electron chi connectivity index (χ4n) is 2.86. The van der Waals surface area contributed by atoms with Crippen LogP contribution in [0, 0.1) is 0 Å². The van der Waals surface area contributed by atoms with Crippen molar-refractivity contribution in [3.8, 4) is 0 Å². The Kier molecular flexibility index (Phi) is 12.1. The molecule has 0 unspecified atom stereocenters. The Bertz CT molecular complexity index is 517. The van der Waals surface area contributed by atoms with Crippen LogP contribution < -0.4 is 16.0 Å². The molecule has 2 rings (SSSR count). The SMILES string of the molecule is CN=C(NCCCOCc1ccco1)NCC(=O)NC1CCCCC1.I. The van der Waals surface area contributed by atoms with Crippen LogP contribution in [0.5, 0.6) is 0 Å². The van der Waals surface area contributed by atoms with Gasteiger partial charge in [0.1, 0.15) is 12.4 Å². The predicted octanol–water partition coefficient (Wildman–Crippen LogP) is 2.42. The molecule has 1 heterocycles. The fourth-order valence-corrected chi connectivity index (χ4v) is 2.86. The van der Waals surface area contributed by atoms with Crippen LogP contribution in [0.25, 0.3) is 0 Å². The van der Waals surface area contributed by atoms with E-state index in [0.29, 0.717) is 25.2 Å². The highest BCUT2D eigenvalue weighted by Gasteiger charge is 2.15. The van der Waals surface area contributed by atoms with Gasteiger partial charge in [0.25, 0.3) is 0 Å². The number of nitrogens with one attached hydrogen (secondary N) is 3. The van der Waals surface area contributed by atoms with Gasteiger partial charge in [0, 0.05) is 26.2 Å². The number of aliphatic imine (C=N–C) groups is 1. The van der Waals surface area contributed by atoms with Crippen LogP contribution in [0.4, 0.5) is 0 Å². The van der Waals surface area contributed by atoms with E-state index in [0.717, 1.165) is 31.6 Å². The molecule has 7 nitrogen and oxygen atoms in total. The van der Waals surface area contributed by atoms with Gasteiger partial charge in [-0.15, -0.1) is 24.0 Å². The van der Waals surface area contributed by atoms with Crippen LogP contribution in [-0.4, -0.2) is 44.7 Å². The summed E-state index contributed by atoms with van der Waals surface area (Å²) in [5.74, 6) is 1.48. The van der Waals surface area contributed by atoms with Crippen molar-refractivity contribution in [2.75, 3.05) is 26.7 Å².